The molecule has 1 aliphatic heterocycles. The van der Waals surface area contributed by atoms with Crippen LogP contribution in [-0.4, -0.2) is 60.9 Å². The van der Waals surface area contributed by atoms with Gasteiger partial charge in [-0.25, -0.2) is 4.39 Å². The van der Waals surface area contributed by atoms with E-state index in [1.807, 2.05) is 0 Å². The monoisotopic (exact) mass is 413 g/mol. The Morgan fingerprint density at radius 1 is 0.933 bits per heavy atom. The molecule has 30 heavy (non-hydrogen) atoms. The maximum Gasteiger partial charge on any atom is 0.251 e. The quantitative estimate of drug-likeness (QED) is 0.808. The molecule has 162 valence electrons. The van der Waals surface area contributed by atoms with Gasteiger partial charge in [0, 0.05) is 44.8 Å². The Hall–Kier alpha value is -1.95. The fourth-order valence-corrected chi connectivity index (χ4v) is 6.91. The first-order valence-corrected chi connectivity index (χ1v) is 11.6. The van der Waals surface area contributed by atoms with Crippen LogP contribution < -0.4 is 5.32 Å². The molecule has 1 saturated heterocycles. The number of hydrogen-bond donors (Lipinski definition) is 1. The Morgan fingerprint density at radius 3 is 2.07 bits per heavy atom. The van der Waals surface area contributed by atoms with Gasteiger partial charge in [-0.05, 0) is 80.5 Å². The third kappa shape index (κ3) is 3.86. The topological polar surface area (TPSA) is 52.7 Å². The van der Waals surface area contributed by atoms with Crippen molar-refractivity contribution in [1.82, 2.24) is 15.1 Å². The summed E-state index contributed by atoms with van der Waals surface area (Å²) < 4.78 is 13.0. The minimum Gasteiger partial charge on any atom is -0.351 e. The molecule has 1 heterocycles. The van der Waals surface area contributed by atoms with Gasteiger partial charge in [0.15, 0.2) is 0 Å². The number of amides is 2. The average Bonchev–Trinajstić information content (AvgIpc) is 2.73. The lowest BCUT2D eigenvalue weighted by Crippen LogP contribution is -2.58. The molecular weight excluding hydrogens is 381 g/mol. The fourth-order valence-electron chi connectivity index (χ4n) is 6.91. The lowest BCUT2D eigenvalue weighted by atomic mass is 9.49. The summed E-state index contributed by atoms with van der Waals surface area (Å²) in [5.74, 6) is 2.31. The second-order valence-corrected chi connectivity index (χ2v) is 10.1. The molecule has 1 N–H and O–H groups in total. The van der Waals surface area contributed by atoms with Crippen LogP contribution in [0.15, 0.2) is 24.3 Å². The van der Waals surface area contributed by atoms with Gasteiger partial charge in [-0.15, -0.1) is 0 Å². The van der Waals surface area contributed by atoms with E-state index in [4.69, 9.17) is 0 Å². The van der Waals surface area contributed by atoms with Crippen LogP contribution in [-0.2, 0) is 4.79 Å². The summed E-state index contributed by atoms with van der Waals surface area (Å²) in [6, 6.07) is 5.60. The highest BCUT2D eigenvalue weighted by molar-refractivity contribution is 5.94. The van der Waals surface area contributed by atoms with Gasteiger partial charge in [-0.2, -0.15) is 0 Å². The molecule has 1 aromatic carbocycles. The van der Waals surface area contributed by atoms with Crippen LogP contribution in [0.25, 0.3) is 0 Å². The van der Waals surface area contributed by atoms with Crippen LogP contribution in [0, 0.1) is 29.0 Å². The van der Waals surface area contributed by atoms with E-state index in [9.17, 15) is 14.0 Å². The Balaban J connectivity index is 1.08. The predicted molar refractivity (Wildman–Crippen MR) is 112 cm³/mol. The number of nitrogens with one attached hydrogen (secondary N) is 1. The number of nitrogens with zero attached hydrogens (tertiary/aromatic N) is 2. The minimum absolute atomic E-state index is 0.0416. The van der Waals surface area contributed by atoms with Crippen LogP contribution in [0.1, 0.15) is 48.9 Å². The third-order valence-corrected chi connectivity index (χ3v) is 7.97. The van der Waals surface area contributed by atoms with Crippen LogP contribution >= 0.6 is 0 Å². The summed E-state index contributed by atoms with van der Waals surface area (Å²) in [5, 5.41) is 2.91. The molecule has 5 fully saturated rings. The molecule has 5 nitrogen and oxygen atoms in total. The van der Waals surface area contributed by atoms with Gasteiger partial charge >= 0.3 is 0 Å². The summed E-state index contributed by atoms with van der Waals surface area (Å²) in [6.07, 6.45) is 7.49. The summed E-state index contributed by atoms with van der Waals surface area (Å²) in [4.78, 5) is 30.0. The van der Waals surface area contributed by atoms with Crippen molar-refractivity contribution in [2.75, 3.05) is 39.3 Å². The molecule has 0 radical (unpaired) electrons. The van der Waals surface area contributed by atoms with E-state index in [2.05, 4.69) is 15.1 Å². The van der Waals surface area contributed by atoms with Crippen molar-refractivity contribution >= 4 is 11.8 Å². The van der Waals surface area contributed by atoms with E-state index in [1.54, 1.807) is 0 Å². The highest BCUT2D eigenvalue weighted by atomic mass is 19.1. The van der Waals surface area contributed by atoms with E-state index < -0.39 is 0 Å². The largest absolute Gasteiger partial charge is 0.351 e. The maximum atomic E-state index is 13.5. The van der Waals surface area contributed by atoms with Crippen LogP contribution in [0.5, 0.6) is 0 Å². The minimum atomic E-state index is -0.340. The SMILES string of the molecule is O=C(NCCN1CCN(C(=O)C23CC4CC(CC(C4)C2)C3)CC1)c1ccc(F)cc1. The maximum absolute atomic E-state index is 13.5. The van der Waals surface area contributed by atoms with Gasteiger partial charge in [0.05, 0.1) is 5.41 Å². The van der Waals surface area contributed by atoms with E-state index in [1.165, 1.54) is 43.5 Å². The van der Waals surface area contributed by atoms with Crippen molar-refractivity contribution in [1.29, 1.82) is 0 Å². The molecule has 4 bridgehead atoms. The molecule has 0 spiro atoms. The van der Waals surface area contributed by atoms with Crippen molar-refractivity contribution in [2.24, 2.45) is 23.2 Å². The second kappa shape index (κ2) is 7.95. The number of carbonyl (C=O) groups excluding carboxylic acids is 2. The van der Waals surface area contributed by atoms with E-state index >= 15 is 0 Å². The molecule has 6 heteroatoms. The van der Waals surface area contributed by atoms with Crippen LogP contribution in [0.3, 0.4) is 0 Å². The summed E-state index contributed by atoms with van der Waals surface area (Å²) >= 11 is 0. The molecular formula is C24H32FN3O2. The highest BCUT2D eigenvalue weighted by Gasteiger charge is 2.55. The Bertz CT molecular complexity index is 766. The Labute approximate surface area is 178 Å². The van der Waals surface area contributed by atoms with Crippen molar-refractivity contribution in [3.8, 4) is 0 Å². The van der Waals surface area contributed by atoms with Gasteiger partial charge < -0.3 is 10.2 Å². The zero-order valence-corrected chi connectivity index (χ0v) is 17.6. The first-order valence-electron chi connectivity index (χ1n) is 11.6. The Kier molecular flexibility index (Phi) is 5.30. The average molecular weight is 414 g/mol. The number of rotatable bonds is 5. The Morgan fingerprint density at radius 2 is 1.50 bits per heavy atom. The van der Waals surface area contributed by atoms with Gasteiger partial charge in [-0.3, -0.25) is 14.5 Å². The number of hydrogen-bond acceptors (Lipinski definition) is 3. The lowest BCUT2D eigenvalue weighted by molar-refractivity contribution is -0.159. The van der Waals surface area contributed by atoms with Gasteiger partial charge in [-0.1, -0.05) is 0 Å². The van der Waals surface area contributed by atoms with Gasteiger partial charge in [0.2, 0.25) is 5.91 Å². The first-order chi connectivity index (χ1) is 14.5. The van der Waals surface area contributed by atoms with E-state index in [-0.39, 0.29) is 17.1 Å². The van der Waals surface area contributed by atoms with Crippen molar-refractivity contribution < 1.29 is 14.0 Å². The molecule has 6 rings (SSSR count). The van der Waals surface area contributed by atoms with Crippen molar-refractivity contribution in [3.63, 3.8) is 0 Å². The summed E-state index contributed by atoms with van der Waals surface area (Å²) in [7, 11) is 0. The van der Waals surface area contributed by atoms with E-state index in [0.29, 0.717) is 18.0 Å². The predicted octanol–water partition coefficient (Wildman–Crippen LogP) is 2.92. The third-order valence-electron chi connectivity index (χ3n) is 7.97. The molecule has 0 unspecified atom stereocenters. The first kappa shape index (κ1) is 20.0. The zero-order valence-electron chi connectivity index (χ0n) is 17.6. The highest BCUT2D eigenvalue weighted by Crippen LogP contribution is 2.60. The summed E-state index contributed by atoms with van der Waals surface area (Å²) in [6.45, 7) is 4.65. The van der Waals surface area contributed by atoms with Crippen molar-refractivity contribution in [3.05, 3.63) is 35.6 Å². The standard InChI is InChI=1S/C24H32FN3O2/c25-21-3-1-20(2-4-21)22(29)26-5-6-27-7-9-28(10-8-27)23(30)24-14-17-11-18(15-24)13-19(12-17)16-24/h1-4,17-19H,5-16H2,(H,26,29). The molecule has 0 atom stereocenters. The second-order valence-electron chi connectivity index (χ2n) is 10.1. The van der Waals surface area contributed by atoms with Crippen LogP contribution in [0.4, 0.5) is 4.39 Å². The van der Waals surface area contributed by atoms with Gasteiger partial charge in [0.1, 0.15) is 5.82 Å². The number of carbonyl (C=O) groups is 2. The number of benzene rings is 1. The molecule has 4 aliphatic carbocycles. The normalized spacial score (nSPS) is 33.0. The van der Waals surface area contributed by atoms with Gasteiger partial charge in [0.25, 0.3) is 5.91 Å². The fraction of sp³-hybridized carbons (Fsp3) is 0.667. The zero-order chi connectivity index (χ0) is 20.7. The number of halogens is 1. The lowest BCUT2D eigenvalue weighted by Gasteiger charge is -2.57. The summed E-state index contributed by atoms with van der Waals surface area (Å²) in [5.41, 5.74) is 0.433. The molecule has 5 aliphatic rings. The smallest absolute Gasteiger partial charge is 0.251 e. The number of piperazine rings is 1. The molecule has 2 amide bonds. The molecule has 0 aromatic heterocycles. The van der Waals surface area contributed by atoms with Crippen LogP contribution in [0.2, 0.25) is 0 Å². The van der Waals surface area contributed by atoms with Crippen molar-refractivity contribution in [2.45, 2.75) is 38.5 Å². The van der Waals surface area contributed by atoms with E-state index in [0.717, 1.165) is 69.7 Å². The molecule has 1 aromatic rings. The molecule has 4 saturated carbocycles.